The first kappa shape index (κ1) is 10.4. The smallest absolute Gasteiger partial charge is 0.335 e. The third-order valence-corrected chi connectivity index (χ3v) is 1.89. The highest BCUT2D eigenvalue weighted by molar-refractivity contribution is 7.07. The minimum Gasteiger partial charge on any atom is -0.478 e. The number of hydrogen-bond acceptors (Lipinski definition) is 3. The maximum atomic E-state index is 10.2. The van der Waals surface area contributed by atoms with Gasteiger partial charge in [-0.2, -0.15) is 0 Å². The molecule has 3 nitrogen and oxygen atoms in total. The molecule has 1 aromatic heterocycles. The lowest BCUT2D eigenvalue weighted by Crippen LogP contribution is -1.93. The molecule has 0 fully saturated rings. The van der Waals surface area contributed by atoms with Gasteiger partial charge in [0, 0.05) is 11.6 Å². The zero-order valence-electron chi connectivity index (χ0n) is 7.33. The molecule has 0 amide bonds. The average Bonchev–Trinajstić information content (AvgIpc) is 2.77. The van der Waals surface area contributed by atoms with E-state index in [4.69, 9.17) is 5.11 Å². The Labute approximate surface area is 85.7 Å². The lowest BCUT2D eigenvalue weighted by atomic mass is 10.2. The number of aromatic nitrogens is 1. The molecule has 0 aliphatic rings. The van der Waals surface area contributed by atoms with E-state index in [2.05, 4.69) is 4.98 Å². The number of thiazole rings is 1. The van der Waals surface area contributed by atoms with Crippen LogP contribution >= 0.6 is 11.3 Å². The summed E-state index contributed by atoms with van der Waals surface area (Å²) < 4.78 is 0. The molecule has 1 aromatic carbocycles. The molecular weight excluding hydrogens is 198 g/mol. The summed E-state index contributed by atoms with van der Waals surface area (Å²) in [5.41, 5.74) is 2.12. The van der Waals surface area contributed by atoms with Crippen molar-refractivity contribution >= 4 is 17.3 Å². The molecule has 0 aliphatic carbocycles. The summed E-state index contributed by atoms with van der Waals surface area (Å²) in [5, 5.41) is 10.3. The SMILES string of the molecule is O=C(O)c1ccccc1.c1cscn1. The number of hydrogen-bond donors (Lipinski definition) is 1. The lowest BCUT2D eigenvalue weighted by Gasteiger charge is -1.88. The number of aromatic carboxylic acids is 1. The number of rotatable bonds is 1. The van der Waals surface area contributed by atoms with Crippen LogP contribution in [0.15, 0.2) is 47.4 Å². The van der Waals surface area contributed by atoms with E-state index in [1.807, 2.05) is 5.38 Å². The normalized spacial score (nSPS) is 8.57. The maximum absolute atomic E-state index is 10.2. The number of carboxylic acid groups (broad SMARTS) is 1. The summed E-state index contributed by atoms with van der Waals surface area (Å²) >= 11 is 1.60. The molecule has 0 spiro atoms. The Morgan fingerprint density at radius 2 is 2.00 bits per heavy atom. The summed E-state index contributed by atoms with van der Waals surface area (Å²) in [5.74, 6) is -0.879. The second-order valence-electron chi connectivity index (χ2n) is 2.35. The Kier molecular flexibility index (Phi) is 4.37. The third kappa shape index (κ3) is 3.82. The molecule has 0 saturated carbocycles. The highest BCUT2D eigenvalue weighted by Crippen LogP contribution is 1.96. The minimum atomic E-state index is -0.879. The van der Waals surface area contributed by atoms with Crippen molar-refractivity contribution in [2.45, 2.75) is 0 Å². The van der Waals surface area contributed by atoms with Crippen LogP contribution in [0.2, 0.25) is 0 Å². The summed E-state index contributed by atoms with van der Waals surface area (Å²) in [6.45, 7) is 0. The molecule has 2 aromatic rings. The van der Waals surface area contributed by atoms with Gasteiger partial charge in [-0.1, -0.05) is 18.2 Å². The molecule has 14 heavy (non-hydrogen) atoms. The summed E-state index contributed by atoms with van der Waals surface area (Å²) in [7, 11) is 0. The van der Waals surface area contributed by atoms with Crippen LogP contribution in [0.1, 0.15) is 10.4 Å². The molecule has 0 saturated heterocycles. The van der Waals surface area contributed by atoms with Gasteiger partial charge in [0.2, 0.25) is 0 Å². The molecule has 72 valence electrons. The lowest BCUT2D eigenvalue weighted by molar-refractivity contribution is 0.0697. The fourth-order valence-electron chi connectivity index (χ4n) is 0.756. The zero-order chi connectivity index (χ0) is 10.2. The van der Waals surface area contributed by atoms with E-state index < -0.39 is 5.97 Å². The van der Waals surface area contributed by atoms with E-state index >= 15 is 0 Å². The largest absolute Gasteiger partial charge is 0.478 e. The molecule has 0 radical (unpaired) electrons. The van der Waals surface area contributed by atoms with Crippen LogP contribution in [0, 0.1) is 0 Å². The van der Waals surface area contributed by atoms with Crippen LogP contribution in [0.5, 0.6) is 0 Å². The molecule has 0 aliphatic heterocycles. The first-order chi connectivity index (χ1) is 6.80. The van der Waals surface area contributed by atoms with Gasteiger partial charge in [-0.15, -0.1) is 11.3 Å². The number of carbonyl (C=O) groups is 1. The Balaban J connectivity index is 0.000000165. The molecule has 1 N–H and O–H groups in total. The van der Waals surface area contributed by atoms with Crippen molar-refractivity contribution in [2.24, 2.45) is 0 Å². The fraction of sp³-hybridized carbons (Fsp3) is 0. The van der Waals surface area contributed by atoms with Gasteiger partial charge in [-0.3, -0.25) is 4.98 Å². The van der Waals surface area contributed by atoms with E-state index in [-0.39, 0.29) is 0 Å². The average molecular weight is 207 g/mol. The Morgan fingerprint density at radius 3 is 2.29 bits per heavy atom. The van der Waals surface area contributed by atoms with E-state index in [0.29, 0.717) is 5.56 Å². The highest BCUT2D eigenvalue weighted by atomic mass is 32.1. The van der Waals surface area contributed by atoms with Gasteiger partial charge < -0.3 is 5.11 Å². The monoisotopic (exact) mass is 207 g/mol. The van der Waals surface area contributed by atoms with Gasteiger partial charge in [-0.25, -0.2) is 4.79 Å². The second-order valence-corrected chi connectivity index (χ2v) is 3.10. The van der Waals surface area contributed by atoms with Crippen LogP contribution in [-0.2, 0) is 0 Å². The quantitative estimate of drug-likeness (QED) is 0.781. The van der Waals surface area contributed by atoms with Gasteiger partial charge in [0.15, 0.2) is 0 Å². The zero-order valence-corrected chi connectivity index (χ0v) is 8.15. The topological polar surface area (TPSA) is 50.2 Å². The van der Waals surface area contributed by atoms with Gasteiger partial charge in [0.1, 0.15) is 0 Å². The molecule has 0 unspecified atom stereocenters. The third-order valence-electron chi connectivity index (χ3n) is 1.37. The second kappa shape index (κ2) is 5.88. The van der Waals surface area contributed by atoms with Crippen LogP contribution < -0.4 is 0 Å². The van der Waals surface area contributed by atoms with E-state index in [1.54, 1.807) is 53.4 Å². The molecule has 1 heterocycles. The molecule has 0 atom stereocenters. The summed E-state index contributed by atoms with van der Waals surface area (Å²) in [4.78, 5) is 13.9. The van der Waals surface area contributed by atoms with Crippen molar-refractivity contribution in [2.75, 3.05) is 0 Å². The summed E-state index contributed by atoms with van der Waals surface area (Å²) in [6.07, 6.45) is 1.77. The highest BCUT2D eigenvalue weighted by Gasteiger charge is 1.96. The molecule has 0 bridgehead atoms. The van der Waals surface area contributed by atoms with E-state index in [1.165, 1.54) is 0 Å². The molecular formula is C10H9NO2S. The first-order valence-corrected chi connectivity index (χ1v) is 4.85. The van der Waals surface area contributed by atoms with Crippen LogP contribution in [0.25, 0.3) is 0 Å². The molecule has 4 heteroatoms. The predicted octanol–water partition coefficient (Wildman–Crippen LogP) is 2.53. The Morgan fingerprint density at radius 1 is 1.29 bits per heavy atom. The predicted molar refractivity (Wildman–Crippen MR) is 55.5 cm³/mol. The van der Waals surface area contributed by atoms with Crippen LogP contribution in [0.3, 0.4) is 0 Å². The standard InChI is InChI=1S/C7H6O2.C3H3NS/c8-7(9)6-4-2-1-3-5-6;1-2-5-3-4-1/h1-5H,(H,8,9);1-3H. The number of benzene rings is 1. The van der Waals surface area contributed by atoms with Crippen molar-refractivity contribution < 1.29 is 9.90 Å². The first-order valence-electron chi connectivity index (χ1n) is 3.91. The van der Waals surface area contributed by atoms with Gasteiger partial charge in [-0.05, 0) is 12.1 Å². The Bertz CT molecular complexity index is 342. The number of nitrogens with zero attached hydrogens (tertiary/aromatic N) is 1. The van der Waals surface area contributed by atoms with Gasteiger partial charge >= 0.3 is 5.97 Å². The minimum absolute atomic E-state index is 0.331. The van der Waals surface area contributed by atoms with Crippen LogP contribution in [0.4, 0.5) is 0 Å². The van der Waals surface area contributed by atoms with Crippen molar-refractivity contribution in [3.8, 4) is 0 Å². The fourth-order valence-corrected chi connectivity index (χ4v) is 1.11. The van der Waals surface area contributed by atoms with Crippen molar-refractivity contribution in [3.05, 3.63) is 53.0 Å². The van der Waals surface area contributed by atoms with Crippen molar-refractivity contribution in [3.63, 3.8) is 0 Å². The van der Waals surface area contributed by atoms with E-state index in [9.17, 15) is 4.79 Å². The van der Waals surface area contributed by atoms with Gasteiger partial charge in [0.25, 0.3) is 0 Å². The van der Waals surface area contributed by atoms with Crippen LogP contribution in [-0.4, -0.2) is 16.1 Å². The van der Waals surface area contributed by atoms with E-state index in [0.717, 1.165) is 0 Å². The Hall–Kier alpha value is -1.68. The molecule has 2 rings (SSSR count). The van der Waals surface area contributed by atoms with Gasteiger partial charge in [0.05, 0.1) is 11.1 Å². The summed E-state index contributed by atoms with van der Waals surface area (Å²) in [6, 6.07) is 8.30. The number of carboxylic acids is 1. The van der Waals surface area contributed by atoms with Crippen molar-refractivity contribution in [1.82, 2.24) is 4.98 Å². The maximum Gasteiger partial charge on any atom is 0.335 e. The van der Waals surface area contributed by atoms with Crippen molar-refractivity contribution in [1.29, 1.82) is 0 Å².